The highest BCUT2D eigenvalue weighted by atomic mass is 35.5. The first-order chi connectivity index (χ1) is 9.61. The normalized spacial score (nSPS) is 28.2. The van der Waals surface area contributed by atoms with Gasteiger partial charge in [0.25, 0.3) is 0 Å². The van der Waals surface area contributed by atoms with E-state index in [9.17, 15) is 4.79 Å². The molecule has 2 nitrogen and oxygen atoms in total. The zero-order chi connectivity index (χ0) is 14.1. The molecule has 1 N–H and O–H groups in total. The Labute approximate surface area is 129 Å². The molecule has 2 aliphatic rings. The van der Waals surface area contributed by atoms with E-state index in [4.69, 9.17) is 23.2 Å². The van der Waals surface area contributed by atoms with Gasteiger partial charge in [-0.05, 0) is 54.9 Å². The molecule has 2 saturated carbocycles. The lowest BCUT2D eigenvalue weighted by Crippen LogP contribution is -2.37. The molecule has 2 aliphatic carbocycles. The Hall–Kier alpha value is -0.990. The molecule has 0 spiro atoms. The summed E-state index contributed by atoms with van der Waals surface area (Å²) in [5.41, 5.74) is 0.805. The van der Waals surface area contributed by atoms with Gasteiger partial charge in [-0.1, -0.05) is 35.7 Å². The maximum Gasteiger partial charge on any atom is 0.244 e. The molecule has 106 valence electrons. The van der Waals surface area contributed by atoms with E-state index in [0.717, 1.165) is 17.9 Å². The van der Waals surface area contributed by atoms with Crippen molar-refractivity contribution < 1.29 is 4.79 Å². The van der Waals surface area contributed by atoms with E-state index in [2.05, 4.69) is 5.32 Å². The molecule has 0 radical (unpaired) electrons. The second-order valence-electron chi connectivity index (χ2n) is 5.79. The SMILES string of the molecule is O=C(/C=C/c1ccc(Cl)cc1Cl)N[C@@H]1C[C@H]2CC[C@@H]1C2. The number of fused-ring (bicyclic) bond motifs is 2. The van der Waals surface area contributed by atoms with E-state index in [1.54, 1.807) is 24.3 Å². The minimum absolute atomic E-state index is 0.0337. The minimum Gasteiger partial charge on any atom is -0.350 e. The summed E-state index contributed by atoms with van der Waals surface area (Å²) in [6.45, 7) is 0. The fourth-order valence-corrected chi connectivity index (χ4v) is 3.93. The molecule has 0 unspecified atom stereocenters. The molecular formula is C16H17Cl2NO. The summed E-state index contributed by atoms with van der Waals surface area (Å²) < 4.78 is 0. The molecule has 1 aromatic rings. The Bertz CT molecular complexity index is 555. The third kappa shape index (κ3) is 3.02. The van der Waals surface area contributed by atoms with Gasteiger partial charge in [-0.25, -0.2) is 0 Å². The largest absolute Gasteiger partial charge is 0.350 e. The summed E-state index contributed by atoms with van der Waals surface area (Å²) in [6.07, 6.45) is 8.33. The van der Waals surface area contributed by atoms with Gasteiger partial charge in [0.2, 0.25) is 5.91 Å². The van der Waals surface area contributed by atoms with Crippen molar-refractivity contribution in [2.75, 3.05) is 0 Å². The van der Waals surface area contributed by atoms with E-state index >= 15 is 0 Å². The molecule has 3 rings (SSSR count). The number of benzene rings is 1. The van der Waals surface area contributed by atoms with Crippen LogP contribution in [0.1, 0.15) is 31.2 Å². The van der Waals surface area contributed by atoms with Gasteiger partial charge in [0.15, 0.2) is 0 Å². The molecule has 20 heavy (non-hydrogen) atoms. The first-order valence-electron chi connectivity index (χ1n) is 7.05. The van der Waals surface area contributed by atoms with E-state index in [-0.39, 0.29) is 5.91 Å². The van der Waals surface area contributed by atoms with Gasteiger partial charge in [-0.15, -0.1) is 0 Å². The zero-order valence-corrected chi connectivity index (χ0v) is 12.6. The van der Waals surface area contributed by atoms with Crippen LogP contribution in [0.2, 0.25) is 10.0 Å². The van der Waals surface area contributed by atoms with Crippen LogP contribution in [0.25, 0.3) is 6.08 Å². The Morgan fingerprint density at radius 3 is 2.75 bits per heavy atom. The quantitative estimate of drug-likeness (QED) is 0.828. The van der Waals surface area contributed by atoms with Crippen LogP contribution in [0.5, 0.6) is 0 Å². The summed E-state index contributed by atoms with van der Waals surface area (Å²) in [5.74, 6) is 1.49. The van der Waals surface area contributed by atoms with Crippen LogP contribution in [0.15, 0.2) is 24.3 Å². The van der Waals surface area contributed by atoms with Gasteiger partial charge in [-0.2, -0.15) is 0 Å². The molecule has 2 fully saturated rings. The van der Waals surface area contributed by atoms with Crippen molar-refractivity contribution in [3.8, 4) is 0 Å². The first kappa shape index (κ1) is 14.0. The third-order valence-corrected chi connectivity index (χ3v) is 5.00. The van der Waals surface area contributed by atoms with Crippen molar-refractivity contribution in [1.29, 1.82) is 0 Å². The van der Waals surface area contributed by atoms with Gasteiger partial charge < -0.3 is 5.32 Å². The van der Waals surface area contributed by atoms with E-state index in [1.807, 2.05) is 6.07 Å². The zero-order valence-electron chi connectivity index (χ0n) is 11.1. The molecule has 3 atom stereocenters. The first-order valence-corrected chi connectivity index (χ1v) is 7.81. The van der Waals surface area contributed by atoms with E-state index in [0.29, 0.717) is 22.0 Å². The molecule has 0 heterocycles. The molecular weight excluding hydrogens is 293 g/mol. The molecule has 2 bridgehead atoms. The summed E-state index contributed by atoms with van der Waals surface area (Å²) in [6, 6.07) is 5.62. The Balaban J connectivity index is 1.59. The standard InChI is InChI=1S/C16H17Cl2NO/c17-13-5-3-11(14(18)9-13)4-6-16(20)19-15-8-10-1-2-12(15)7-10/h3-6,9-10,12,15H,1-2,7-8H2,(H,19,20)/b6-4+/t10-,12+,15+/m0/s1. The van der Waals surface area contributed by atoms with Crippen molar-refractivity contribution >= 4 is 35.2 Å². The van der Waals surface area contributed by atoms with Crippen molar-refractivity contribution in [3.05, 3.63) is 39.9 Å². The van der Waals surface area contributed by atoms with Crippen LogP contribution in [-0.4, -0.2) is 11.9 Å². The van der Waals surface area contributed by atoms with Crippen LogP contribution in [-0.2, 0) is 4.79 Å². The van der Waals surface area contributed by atoms with Gasteiger partial charge in [-0.3, -0.25) is 4.79 Å². The molecule has 0 aliphatic heterocycles. The third-order valence-electron chi connectivity index (χ3n) is 4.44. The Morgan fingerprint density at radius 2 is 2.10 bits per heavy atom. The molecule has 0 aromatic heterocycles. The molecule has 0 saturated heterocycles. The number of hydrogen-bond donors (Lipinski definition) is 1. The van der Waals surface area contributed by atoms with Crippen LogP contribution < -0.4 is 5.32 Å². The van der Waals surface area contributed by atoms with Crippen LogP contribution >= 0.6 is 23.2 Å². The number of rotatable bonds is 3. The molecule has 4 heteroatoms. The number of carbonyl (C=O) groups is 1. The number of hydrogen-bond acceptors (Lipinski definition) is 1. The van der Waals surface area contributed by atoms with Crippen molar-refractivity contribution in [2.24, 2.45) is 11.8 Å². The van der Waals surface area contributed by atoms with E-state index in [1.165, 1.54) is 19.3 Å². The van der Waals surface area contributed by atoms with Crippen molar-refractivity contribution in [1.82, 2.24) is 5.32 Å². The van der Waals surface area contributed by atoms with Gasteiger partial charge >= 0.3 is 0 Å². The van der Waals surface area contributed by atoms with Gasteiger partial charge in [0, 0.05) is 22.2 Å². The number of carbonyl (C=O) groups excluding carboxylic acids is 1. The predicted octanol–water partition coefficient (Wildman–Crippen LogP) is 4.31. The lowest BCUT2D eigenvalue weighted by molar-refractivity contribution is -0.117. The van der Waals surface area contributed by atoms with Crippen molar-refractivity contribution in [3.63, 3.8) is 0 Å². The smallest absolute Gasteiger partial charge is 0.244 e. The monoisotopic (exact) mass is 309 g/mol. The van der Waals surface area contributed by atoms with Crippen LogP contribution in [0, 0.1) is 11.8 Å². The lowest BCUT2D eigenvalue weighted by atomic mass is 9.95. The Morgan fingerprint density at radius 1 is 1.25 bits per heavy atom. The highest BCUT2D eigenvalue weighted by Gasteiger charge is 2.39. The minimum atomic E-state index is -0.0337. The molecule has 1 amide bonds. The average Bonchev–Trinajstić information content (AvgIpc) is 3.00. The maximum atomic E-state index is 12.0. The van der Waals surface area contributed by atoms with Gasteiger partial charge in [0.1, 0.15) is 0 Å². The van der Waals surface area contributed by atoms with Gasteiger partial charge in [0.05, 0.1) is 0 Å². The van der Waals surface area contributed by atoms with E-state index < -0.39 is 0 Å². The highest BCUT2D eigenvalue weighted by Crippen LogP contribution is 2.44. The second kappa shape index (κ2) is 5.79. The number of nitrogens with one attached hydrogen (secondary N) is 1. The predicted molar refractivity (Wildman–Crippen MR) is 82.9 cm³/mol. The summed E-state index contributed by atoms with van der Waals surface area (Å²) in [4.78, 5) is 12.0. The Kier molecular flexibility index (Phi) is 4.04. The topological polar surface area (TPSA) is 29.1 Å². The highest BCUT2D eigenvalue weighted by molar-refractivity contribution is 6.35. The maximum absolute atomic E-state index is 12.0. The second-order valence-corrected chi connectivity index (χ2v) is 6.63. The van der Waals surface area contributed by atoms with Crippen LogP contribution in [0.4, 0.5) is 0 Å². The number of amides is 1. The lowest BCUT2D eigenvalue weighted by Gasteiger charge is -2.22. The van der Waals surface area contributed by atoms with Crippen molar-refractivity contribution in [2.45, 2.75) is 31.7 Å². The summed E-state index contributed by atoms with van der Waals surface area (Å²) in [5, 5.41) is 4.27. The fourth-order valence-electron chi connectivity index (χ4n) is 3.45. The number of halogens is 2. The summed E-state index contributed by atoms with van der Waals surface area (Å²) in [7, 11) is 0. The van der Waals surface area contributed by atoms with Crippen LogP contribution in [0.3, 0.4) is 0 Å². The molecule has 1 aromatic carbocycles. The summed E-state index contributed by atoms with van der Waals surface area (Å²) >= 11 is 11.9. The fraction of sp³-hybridized carbons (Fsp3) is 0.438. The average molecular weight is 310 g/mol.